The molecule has 1 heterocycles. The van der Waals surface area contributed by atoms with Crippen molar-refractivity contribution in [2.24, 2.45) is 12.5 Å². The van der Waals surface area contributed by atoms with Crippen LogP contribution in [0.3, 0.4) is 0 Å². The maximum absolute atomic E-state index is 4.31. The summed E-state index contributed by atoms with van der Waals surface area (Å²) in [5.74, 6) is 0. The quantitative estimate of drug-likeness (QED) is 0.904. The Morgan fingerprint density at radius 3 is 2.53 bits per heavy atom. The van der Waals surface area contributed by atoms with Crippen LogP contribution in [-0.2, 0) is 13.6 Å². The van der Waals surface area contributed by atoms with Crippen molar-refractivity contribution in [3.63, 3.8) is 0 Å². The van der Waals surface area contributed by atoms with Gasteiger partial charge in [-0.2, -0.15) is 5.10 Å². The van der Waals surface area contributed by atoms with Gasteiger partial charge in [-0.3, -0.25) is 4.68 Å². The Morgan fingerprint density at radius 2 is 1.95 bits per heavy atom. The predicted octanol–water partition coefficient (Wildman–Crippen LogP) is 3.32. The predicted molar refractivity (Wildman–Crippen MR) is 77.9 cm³/mol. The molecular formula is C16H27N3. The zero-order valence-corrected chi connectivity index (χ0v) is 12.4. The SMILES string of the molecule is Cc1c(CNC2CCC3(CCCC3)CC2)cnn1C. The van der Waals surface area contributed by atoms with E-state index in [1.54, 1.807) is 0 Å². The molecule has 2 fully saturated rings. The topological polar surface area (TPSA) is 29.9 Å². The molecule has 0 saturated heterocycles. The molecule has 1 aromatic rings. The first-order valence-corrected chi connectivity index (χ1v) is 7.89. The Balaban J connectivity index is 1.49. The van der Waals surface area contributed by atoms with Crippen LogP contribution in [0.5, 0.6) is 0 Å². The van der Waals surface area contributed by atoms with E-state index >= 15 is 0 Å². The normalized spacial score (nSPS) is 23.3. The Bertz CT molecular complexity index is 419. The van der Waals surface area contributed by atoms with Gasteiger partial charge in [0.05, 0.1) is 6.20 Å². The summed E-state index contributed by atoms with van der Waals surface area (Å²) in [5.41, 5.74) is 3.39. The van der Waals surface area contributed by atoms with Crippen molar-refractivity contribution in [2.75, 3.05) is 0 Å². The Labute approximate surface area is 116 Å². The molecule has 0 aliphatic heterocycles. The molecule has 106 valence electrons. The molecule has 2 aliphatic rings. The third kappa shape index (κ3) is 2.71. The molecule has 1 aromatic heterocycles. The summed E-state index contributed by atoms with van der Waals surface area (Å²) in [5, 5.41) is 8.06. The number of hydrogen-bond acceptors (Lipinski definition) is 2. The number of nitrogens with zero attached hydrogens (tertiary/aromatic N) is 2. The zero-order valence-electron chi connectivity index (χ0n) is 12.4. The van der Waals surface area contributed by atoms with Gasteiger partial charge in [0.1, 0.15) is 0 Å². The molecule has 3 heteroatoms. The average Bonchev–Trinajstić information content (AvgIpc) is 3.00. The van der Waals surface area contributed by atoms with Crippen LogP contribution in [0.2, 0.25) is 0 Å². The summed E-state index contributed by atoms with van der Waals surface area (Å²) in [6.07, 6.45) is 13.6. The highest BCUT2D eigenvalue weighted by Crippen LogP contribution is 2.48. The van der Waals surface area contributed by atoms with Crippen LogP contribution in [0, 0.1) is 12.3 Å². The highest BCUT2D eigenvalue weighted by Gasteiger charge is 2.37. The summed E-state index contributed by atoms with van der Waals surface area (Å²) in [6.45, 7) is 3.13. The van der Waals surface area contributed by atoms with E-state index < -0.39 is 0 Å². The summed E-state index contributed by atoms with van der Waals surface area (Å²) in [7, 11) is 2.02. The zero-order chi connectivity index (χ0) is 13.3. The molecule has 2 aliphatic carbocycles. The van der Waals surface area contributed by atoms with Gasteiger partial charge in [0.15, 0.2) is 0 Å². The van der Waals surface area contributed by atoms with E-state index in [1.807, 2.05) is 17.9 Å². The van der Waals surface area contributed by atoms with E-state index in [0.29, 0.717) is 0 Å². The van der Waals surface area contributed by atoms with Crippen molar-refractivity contribution < 1.29 is 0 Å². The second kappa shape index (κ2) is 5.28. The van der Waals surface area contributed by atoms with Gasteiger partial charge in [-0.25, -0.2) is 0 Å². The molecule has 0 aromatic carbocycles. The monoisotopic (exact) mass is 261 g/mol. The summed E-state index contributed by atoms with van der Waals surface area (Å²) in [4.78, 5) is 0. The summed E-state index contributed by atoms with van der Waals surface area (Å²) in [6, 6.07) is 0.728. The Morgan fingerprint density at radius 1 is 1.26 bits per heavy atom. The van der Waals surface area contributed by atoms with E-state index in [4.69, 9.17) is 0 Å². The molecule has 1 N–H and O–H groups in total. The lowest BCUT2D eigenvalue weighted by Gasteiger charge is -2.37. The lowest BCUT2D eigenvalue weighted by Crippen LogP contribution is -2.36. The third-order valence-electron chi connectivity index (χ3n) is 5.63. The van der Waals surface area contributed by atoms with Crippen LogP contribution in [0.15, 0.2) is 6.20 Å². The van der Waals surface area contributed by atoms with Gasteiger partial charge in [-0.05, 0) is 50.9 Å². The van der Waals surface area contributed by atoms with Gasteiger partial charge in [0.2, 0.25) is 0 Å². The molecule has 2 saturated carbocycles. The minimum absolute atomic E-state index is 0.728. The maximum Gasteiger partial charge on any atom is 0.0537 e. The van der Waals surface area contributed by atoms with Gasteiger partial charge in [0.25, 0.3) is 0 Å². The van der Waals surface area contributed by atoms with Crippen molar-refractivity contribution in [1.29, 1.82) is 0 Å². The summed E-state index contributed by atoms with van der Waals surface area (Å²) < 4.78 is 1.96. The Kier molecular flexibility index (Phi) is 3.66. The fraction of sp³-hybridized carbons (Fsp3) is 0.812. The van der Waals surface area contributed by atoms with E-state index in [2.05, 4.69) is 17.3 Å². The average molecular weight is 261 g/mol. The standard InChI is InChI=1S/C16H27N3/c1-13-14(12-18-19(13)2)11-17-15-5-9-16(10-6-15)7-3-4-8-16/h12,15,17H,3-11H2,1-2H3. The molecule has 19 heavy (non-hydrogen) atoms. The molecule has 3 nitrogen and oxygen atoms in total. The second-order valence-corrected chi connectivity index (χ2v) is 6.74. The fourth-order valence-corrected chi connectivity index (χ4v) is 4.03. The second-order valence-electron chi connectivity index (χ2n) is 6.74. The minimum Gasteiger partial charge on any atom is -0.310 e. The first-order valence-electron chi connectivity index (χ1n) is 7.89. The van der Waals surface area contributed by atoms with Crippen LogP contribution in [0.1, 0.15) is 62.6 Å². The minimum atomic E-state index is 0.728. The molecular weight excluding hydrogens is 234 g/mol. The van der Waals surface area contributed by atoms with Crippen LogP contribution in [-0.4, -0.2) is 15.8 Å². The van der Waals surface area contributed by atoms with Crippen LogP contribution in [0.4, 0.5) is 0 Å². The molecule has 3 rings (SSSR count). The van der Waals surface area contributed by atoms with Gasteiger partial charge in [0, 0.05) is 30.9 Å². The van der Waals surface area contributed by atoms with Crippen molar-refractivity contribution in [3.05, 3.63) is 17.5 Å². The lowest BCUT2D eigenvalue weighted by atomic mass is 9.71. The summed E-state index contributed by atoms with van der Waals surface area (Å²) >= 11 is 0. The smallest absolute Gasteiger partial charge is 0.0537 e. The van der Waals surface area contributed by atoms with Crippen LogP contribution >= 0.6 is 0 Å². The molecule has 0 unspecified atom stereocenters. The molecule has 0 atom stereocenters. The molecule has 1 spiro atoms. The number of nitrogens with one attached hydrogen (secondary N) is 1. The maximum atomic E-state index is 4.31. The number of hydrogen-bond donors (Lipinski definition) is 1. The largest absolute Gasteiger partial charge is 0.310 e. The first kappa shape index (κ1) is 13.2. The number of rotatable bonds is 3. The van der Waals surface area contributed by atoms with Crippen molar-refractivity contribution in [1.82, 2.24) is 15.1 Å². The van der Waals surface area contributed by atoms with E-state index in [9.17, 15) is 0 Å². The van der Waals surface area contributed by atoms with E-state index in [1.165, 1.54) is 62.6 Å². The lowest BCUT2D eigenvalue weighted by molar-refractivity contribution is 0.168. The molecule has 0 radical (unpaired) electrons. The van der Waals surface area contributed by atoms with Gasteiger partial charge in [-0.1, -0.05) is 12.8 Å². The highest BCUT2D eigenvalue weighted by molar-refractivity contribution is 5.15. The van der Waals surface area contributed by atoms with Crippen molar-refractivity contribution in [3.8, 4) is 0 Å². The molecule has 0 amide bonds. The van der Waals surface area contributed by atoms with E-state index in [0.717, 1.165) is 18.0 Å². The van der Waals surface area contributed by atoms with Crippen LogP contribution < -0.4 is 5.32 Å². The highest BCUT2D eigenvalue weighted by atomic mass is 15.3. The van der Waals surface area contributed by atoms with Crippen LogP contribution in [0.25, 0.3) is 0 Å². The van der Waals surface area contributed by atoms with Gasteiger partial charge < -0.3 is 5.32 Å². The first-order chi connectivity index (χ1) is 9.19. The van der Waals surface area contributed by atoms with Crippen molar-refractivity contribution >= 4 is 0 Å². The van der Waals surface area contributed by atoms with Gasteiger partial charge >= 0.3 is 0 Å². The number of aromatic nitrogens is 2. The van der Waals surface area contributed by atoms with Crippen molar-refractivity contribution in [2.45, 2.75) is 70.9 Å². The van der Waals surface area contributed by atoms with Gasteiger partial charge in [-0.15, -0.1) is 0 Å². The molecule has 0 bridgehead atoms. The number of aryl methyl sites for hydroxylation is 1. The fourth-order valence-electron chi connectivity index (χ4n) is 4.03. The third-order valence-corrected chi connectivity index (χ3v) is 5.63. The van der Waals surface area contributed by atoms with E-state index in [-0.39, 0.29) is 0 Å². The Hall–Kier alpha value is -0.830.